The van der Waals surface area contributed by atoms with E-state index in [-0.39, 0.29) is 24.0 Å². The number of carbonyl (C=O) groups is 1. The molecule has 0 bridgehead atoms. The SMILES string of the molecule is O=C1CC(CO)CN1c1ccc2nc[nH]c(=O)c2c1. The minimum absolute atomic E-state index is 0.00202. The minimum atomic E-state index is -0.225. The normalized spacial score (nSPS) is 19.3. The van der Waals surface area contributed by atoms with Crippen LogP contribution in [-0.4, -0.2) is 34.1 Å². The molecule has 1 saturated heterocycles. The zero-order valence-electron chi connectivity index (χ0n) is 10.2. The highest BCUT2D eigenvalue weighted by molar-refractivity contribution is 5.97. The molecule has 3 rings (SSSR count). The average Bonchev–Trinajstić information content (AvgIpc) is 2.80. The van der Waals surface area contributed by atoms with E-state index in [1.165, 1.54) is 6.33 Å². The molecule has 0 saturated carbocycles. The van der Waals surface area contributed by atoms with Gasteiger partial charge in [-0.2, -0.15) is 0 Å². The summed E-state index contributed by atoms with van der Waals surface area (Å²) in [5, 5.41) is 9.58. The number of H-pyrrole nitrogens is 1. The molecule has 1 amide bonds. The predicted molar refractivity (Wildman–Crippen MR) is 69.9 cm³/mol. The number of nitrogens with zero attached hydrogens (tertiary/aromatic N) is 2. The molecular weight excluding hydrogens is 246 g/mol. The van der Waals surface area contributed by atoms with E-state index < -0.39 is 0 Å². The number of nitrogens with one attached hydrogen (secondary N) is 1. The highest BCUT2D eigenvalue weighted by Gasteiger charge is 2.30. The molecule has 6 nitrogen and oxygen atoms in total. The number of amides is 1. The van der Waals surface area contributed by atoms with E-state index in [1.807, 2.05) is 0 Å². The van der Waals surface area contributed by atoms with Gasteiger partial charge in [0.1, 0.15) is 0 Å². The number of anilines is 1. The molecule has 98 valence electrons. The smallest absolute Gasteiger partial charge is 0.258 e. The number of aromatic nitrogens is 2. The molecule has 2 heterocycles. The number of rotatable bonds is 2. The fourth-order valence-electron chi connectivity index (χ4n) is 2.38. The lowest BCUT2D eigenvalue weighted by atomic mass is 10.1. The standard InChI is InChI=1S/C13H13N3O3/c17-6-8-3-12(18)16(5-8)9-1-2-11-10(4-9)13(19)15-7-14-11/h1-2,4,7-8,17H,3,5-6H2,(H,14,15,19). The first-order valence-corrected chi connectivity index (χ1v) is 6.07. The fraction of sp³-hybridized carbons (Fsp3) is 0.308. The molecule has 0 aliphatic carbocycles. The lowest BCUT2D eigenvalue weighted by Crippen LogP contribution is -2.25. The van der Waals surface area contributed by atoms with Gasteiger partial charge in [0.15, 0.2) is 0 Å². The van der Waals surface area contributed by atoms with Gasteiger partial charge in [-0.15, -0.1) is 0 Å². The first-order chi connectivity index (χ1) is 9.19. The van der Waals surface area contributed by atoms with Crippen molar-refractivity contribution in [1.29, 1.82) is 0 Å². The lowest BCUT2D eigenvalue weighted by molar-refractivity contribution is -0.117. The third-order valence-corrected chi connectivity index (χ3v) is 3.40. The Morgan fingerprint density at radius 1 is 1.42 bits per heavy atom. The number of fused-ring (bicyclic) bond motifs is 1. The van der Waals surface area contributed by atoms with Crippen LogP contribution in [0.1, 0.15) is 6.42 Å². The van der Waals surface area contributed by atoms with Gasteiger partial charge in [-0.25, -0.2) is 4.98 Å². The third kappa shape index (κ3) is 2.00. The maximum atomic E-state index is 11.9. The number of aromatic amines is 1. The van der Waals surface area contributed by atoms with Crippen molar-refractivity contribution < 1.29 is 9.90 Å². The van der Waals surface area contributed by atoms with Gasteiger partial charge >= 0.3 is 0 Å². The molecule has 1 aliphatic heterocycles. The minimum Gasteiger partial charge on any atom is -0.396 e. The maximum Gasteiger partial charge on any atom is 0.258 e. The van der Waals surface area contributed by atoms with Crippen LogP contribution in [0.25, 0.3) is 10.9 Å². The summed E-state index contributed by atoms with van der Waals surface area (Å²) in [4.78, 5) is 31.8. The van der Waals surface area contributed by atoms with Gasteiger partial charge in [-0.3, -0.25) is 9.59 Å². The molecule has 0 radical (unpaired) electrons. The van der Waals surface area contributed by atoms with Crippen molar-refractivity contribution in [2.75, 3.05) is 18.1 Å². The highest BCUT2D eigenvalue weighted by Crippen LogP contribution is 2.26. The number of aliphatic hydroxyl groups is 1. The van der Waals surface area contributed by atoms with Crippen molar-refractivity contribution in [2.24, 2.45) is 5.92 Å². The Hall–Kier alpha value is -2.21. The van der Waals surface area contributed by atoms with Gasteiger partial charge in [0.2, 0.25) is 5.91 Å². The van der Waals surface area contributed by atoms with Gasteiger partial charge < -0.3 is 15.0 Å². The van der Waals surface area contributed by atoms with Gasteiger partial charge in [-0.05, 0) is 18.2 Å². The lowest BCUT2D eigenvalue weighted by Gasteiger charge is -2.16. The highest BCUT2D eigenvalue weighted by atomic mass is 16.3. The molecule has 0 spiro atoms. The average molecular weight is 259 g/mol. The first kappa shape index (κ1) is 11.9. The maximum absolute atomic E-state index is 11.9. The van der Waals surface area contributed by atoms with Crippen LogP contribution < -0.4 is 10.5 Å². The number of hydrogen-bond donors (Lipinski definition) is 2. The van der Waals surface area contributed by atoms with E-state index >= 15 is 0 Å². The van der Waals surface area contributed by atoms with Gasteiger partial charge in [0.05, 0.1) is 17.2 Å². The molecule has 2 N–H and O–H groups in total. The Bertz CT molecular complexity index is 695. The van der Waals surface area contributed by atoms with Crippen LogP contribution in [0, 0.1) is 5.92 Å². The van der Waals surface area contributed by atoms with E-state index in [0.29, 0.717) is 29.6 Å². The van der Waals surface area contributed by atoms with Crippen LogP contribution >= 0.6 is 0 Å². The summed E-state index contributed by atoms with van der Waals surface area (Å²) in [6.45, 7) is 0.483. The third-order valence-electron chi connectivity index (χ3n) is 3.40. The second-order valence-electron chi connectivity index (χ2n) is 4.69. The van der Waals surface area contributed by atoms with Gasteiger partial charge in [0.25, 0.3) is 5.56 Å². The zero-order chi connectivity index (χ0) is 13.4. The van der Waals surface area contributed by atoms with E-state index in [4.69, 9.17) is 5.11 Å². The Kier molecular flexibility index (Phi) is 2.79. The summed E-state index contributed by atoms with van der Waals surface area (Å²) in [6.07, 6.45) is 1.70. The van der Waals surface area contributed by atoms with Gasteiger partial charge in [0, 0.05) is 31.2 Å². The van der Waals surface area contributed by atoms with Crippen LogP contribution in [0.15, 0.2) is 29.3 Å². The summed E-state index contributed by atoms with van der Waals surface area (Å²) < 4.78 is 0. The molecule has 1 fully saturated rings. The van der Waals surface area contributed by atoms with Crippen LogP contribution in [0.5, 0.6) is 0 Å². The zero-order valence-corrected chi connectivity index (χ0v) is 10.2. The second-order valence-corrected chi connectivity index (χ2v) is 4.69. The molecule has 2 aromatic rings. The van der Waals surface area contributed by atoms with E-state index in [2.05, 4.69) is 9.97 Å². The largest absolute Gasteiger partial charge is 0.396 e. The van der Waals surface area contributed by atoms with Crippen molar-refractivity contribution in [1.82, 2.24) is 9.97 Å². The molecule has 1 atom stereocenters. The molecule has 1 aromatic carbocycles. The fourth-order valence-corrected chi connectivity index (χ4v) is 2.38. The van der Waals surface area contributed by atoms with Crippen LogP contribution in [0.4, 0.5) is 5.69 Å². The number of benzene rings is 1. The molecule has 1 aliphatic rings. The van der Waals surface area contributed by atoms with Crippen molar-refractivity contribution in [3.8, 4) is 0 Å². The summed E-state index contributed by atoms with van der Waals surface area (Å²) >= 11 is 0. The van der Waals surface area contributed by atoms with Gasteiger partial charge in [-0.1, -0.05) is 0 Å². The van der Waals surface area contributed by atoms with E-state index in [1.54, 1.807) is 23.1 Å². The summed E-state index contributed by atoms with van der Waals surface area (Å²) in [6, 6.07) is 5.16. The summed E-state index contributed by atoms with van der Waals surface area (Å²) in [5.41, 5.74) is 1.04. The van der Waals surface area contributed by atoms with Crippen LogP contribution in [0.2, 0.25) is 0 Å². The molecule has 6 heteroatoms. The number of hydrogen-bond acceptors (Lipinski definition) is 4. The van der Waals surface area contributed by atoms with Crippen LogP contribution in [-0.2, 0) is 4.79 Å². The Labute approximate surface area is 108 Å². The second kappa shape index (κ2) is 4.47. The Balaban J connectivity index is 2.04. The number of carbonyl (C=O) groups excluding carboxylic acids is 1. The van der Waals surface area contributed by atoms with Crippen LogP contribution in [0.3, 0.4) is 0 Å². The predicted octanol–water partition coefficient (Wildman–Crippen LogP) is 0.268. The van der Waals surface area contributed by atoms with E-state index in [0.717, 1.165) is 0 Å². The van der Waals surface area contributed by atoms with Crippen molar-refractivity contribution in [3.63, 3.8) is 0 Å². The molecule has 1 aromatic heterocycles. The molecular formula is C13H13N3O3. The van der Waals surface area contributed by atoms with Crippen molar-refractivity contribution >= 4 is 22.5 Å². The van der Waals surface area contributed by atoms with Crippen molar-refractivity contribution in [2.45, 2.75) is 6.42 Å². The monoisotopic (exact) mass is 259 g/mol. The van der Waals surface area contributed by atoms with Crippen molar-refractivity contribution in [3.05, 3.63) is 34.9 Å². The topological polar surface area (TPSA) is 86.3 Å². The summed E-state index contributed by atoms with van der Waals surface area (Å²) in [7, 11) is 0. The first-order valence-electron chi connectivity index (χ1n) is 6.07. The quantitative estimate of drug-likeness (QED) is 0.810. The van der Waals surface area contributed by atoms with E-state index in [9.17, 15) is 9.59 Å². The molecule has 19 heavy (non-hydrogen) atoms. The Morgan fingerprint density at radius 3 is 3.00 bits per heavy atom. The Morgan fingerprint density at radius 2 is 2.26 bits per heavy atom. The summed E-state index contributed by atoms with van der Waals surface area (Å²) in [5.74, 6) is -0.0610. The molecule has 1 unspecified atom stereocenters. The number of aliphatic hydroxyl groups excluding tert-OH is 1.